The molecular formula is C60H86O20. The van der Waals surface area contributed by atoms with Gasteiger partial charge in [-0.2, -0.15) is 0 Å². The topological polar surface area (TPSA) is 236 Å². The largest absolute Gasteiger partial charge is 0.459 e. The first-order chi connectivity index (χ1) is 38.3. The summed E-state index contributed by atoms with van der Waals surface area (Å²) in [5.41, 5.74) is 2.09. The van der Waals surface area contributed by atoms with Gasteiger partial charge in [0, 0.05) is 70.1 Å². The SMILES string of the molecule is C=C1CC2CCC34CC5OC6C(O3)C3OC(CCC3OC6(O)C5O4)CC(=O)OC3C(CC4OC(CCC1O2)CC(C)C4=C)OC1CC2OC4(CC2OC1C3C)CC1OC2(CC(C)C3OC(C(O)CC(O)CO)CC3O2)CC(C)C1O4. The highest BCUT2D eigenvalue weighted by Crippen LogP contribution is 2.59. The summed E-state index contributed by atoms with van der Waals surface area (Å²) < 4.78 is 103. The van der Waals surface area contributed by atoms with Crippen LogP contribution < -0.4 is 0 Å². The van der Waals surface area contributed by atoms with Crippen LogP contribution in [0.15, 0.2) is 24.3 Å². The van der Waals surface area contributed by atoms with E-state index < -0.39 is 109 Å². The van der Waals surface area contributed by atoms with Gasteiger partial charge in [0.25, 0.3) is 0 Å². The Morgan fingerprint density at radius 3 is 2.09 bits per heavy atom. The van der Waals surface area contributed by atoms with E-state index in [0.29, 0.717) is 77.0 Å². The van der Waals surface area contributed by atoms with E-state index in [1.54, 1.807) is 0 Å². The molecule has 16 rings (SSSR count). The molecule has 0 aromatic rings. The van der Waals surface area contributed by atoms with Gasteiger partial charge in [0.1, 0.15) is 30.5 Å². The number of rotatable bonds is 4. The van der Waals surface area contributed by atoms with E-state index >= 15 is 0 Å². The molecular weight excluding hydrogens is 1040 g/mol. The van der Waals surface area contributed by atoms with Crippen molar-refractivity contribution in [3.8, 4) is 0 Å². The van der Waals surface area contributed by atoms with Crippen molar-refractivity contribution in [2.45, 2.75) is 313 Å². The lowest BCUT2D eigenvalue weighted by Crippen LogP contribution is -2.67. The van der Waals surface area contributed by atoms with Crippen molar-refractivity contribution in [1.29, 1.82) is 0 Å². The van der Waals surface area contributed by atoms with Crippen LogP contribution in [-0.2, 0) is 75.8 Å². The zero-order chi connectivity index (χ0) is 54.9. The molecule has 4 N–H and O–H groups in total. The summed E-state index contributed by atoms with van der Waals surface area (Å²) in [6.07, 6.45) is -1.11. The molecule has 16 aliphatic heterocycles. The summed E-state index contributed by atoms with van der Waals surface area (Å²) in [6.45, 7) is 17.3. The average Bonchev–Trinajstić information content (AvgIpc) is 4.26. The van der Waals surface area contributed by atoms with Crippen LogP contribution in [0.4, 0.5) is 0 Å². The molecule has 0 aromatic carbocycles. The van der Waals surface area contributed by atoms with Gasteiger partial charge < -0.3 is 91.5 Å². The van der Waals surface area contributed by atoms with E-state index in [1.807, 2.05) is 0 Å². The second kappa shape index (κ2) is 20.2. The molecule has 446 valence electrons. The molecule has 0 radical (unpaired) electrons. The number of ether oxygens (including phenoxy) is 15. The molecule has 0 aromatic heterocycles. The maximum absolute atomic E-state index is 14.6. The standard InChI is InChI=1S/C60H86O20/c1-26-13-33-7-9-37-27(2)14-35(66-37)11-12-57-24-47-55(80-57)60(65)56(72-47)54(79-57)53-38(77-60)10-8-34(68-53)16-48(64)73-52-31(6)51-43(69-42(52)17-39(67-33)30(26)5)19-41-45(71-51)22-59(74-41)23-46-50(78-59)29(4)21-58(76-46)20-28(3)49-44(75-58)18-40(70-49)36(63)15-32(62)25-61/h26,28-29,31-47,49-56,61-63,65H,2,5,7-25H2,1,3-4,6H3. The summed E-state index contributed by atoms with van der Waals surface area (Å²) in [4.78, 5) is 14.6. The van der Waals surface area contributed by atoms with Crippen LogP contribution in [0.5, 0.6) is 0 Å². The summed E-state index contributed by atoms with van der Waals surface area (Å²) in [7, 11) is 0. The van der Waals surface area contributed by atoms with E-state index in [2.05, 4.69) is 40.9 Å². The molecule has 0 amide bonds. The van der Waals surface area contributed by atoms with E-state index in [9.17, 15) is 25.2 Å². The smallest absolute Gasteiger partial charge is 0.308 e. The first-order valence-electron chi connectivity index (χ1n) is 30.9. The van der Waals surface area contributed by atoms with E-state index in [1.165, 1.54) is 0 Å². The molecule has 20 nitrogen and oxygen atoms in total. The minimum atomic E-state index is -1.68. The zero-order valence-corrected chi connectivity index (χ0v) is 46.8. The summed E-state index contributed by atoms with van der Waals surface area (Å²) in [6, 6.07) is 0. The quantitative estimate of drug-likeness (QED) is 0.228. The highest BCUT2D eigenvalue weighted by molar-refractivity contribution is 5.70. The lowest BCUT2D eigenvalue weighted by atomic mass is 9.79. The maximum atomic E-state index is 14.6. The van der Waals surface area contributed by atoms with E-state index in [4.69, 9.17) is 71.1 Å². The summed E-state index contributed by atoms with van der Waals surface area (Å²) >= 11 is 0. The van der Waals surface area contributed by atoms with Gasteiger partial charge in [-0.3, -0.25) is 4.79 Å². The van der Waals surface area contributed by atoms with Crippen molar-refractivity contribution in [2.75, 3.05) is 6.61 Å². The van der Waals surface area contributed by atoms with Crippen LogP contribution in [-0.4, -0.2) is 203 Å². The second-order valence-corrected chi connectivity index (χ2v) is 27.7. The molecule has 16 aliphatic rings. The first-order valence-corrected chi connectivity index (χ1v) is 30.9. The normalized spacial score (nSPS) is 57.6. The molecule has 80 heavy (non-hydrogen) atoms. The van der Waals surface area contributed by atoms with Crippen LogP contribution in [0.3, 0.4) is 0 Å². The molecule has 12 bridgehead atoms. The third kappa shape index (κ3) is 9.23. The summed E-state index contributed by atoms with van der Waals surface area (Å²) in [5, 5.41) is 42.5. The summed E-state index contributed by atoms with van der Waals surface area (Å²) in [5.74, 6) is -4.78. The van der Waals surface area contributed by atoms with Crippen molar-refractivity contribution in [1.82, 2.24) is 0 Å². The highest BCUT2D eigenvalue weighted by atomic mass is 16.8. The molecule has 0 aliphatic carbocycles. The predicted octanol–water partition coefficient (Wildman–Crippen LogP) is 4.25. The molecule has 16 heterocycles. The molecule has 32 unspecified atom stereocenters. The number of carbonyl (C=O) groups excluding carboxylic acids is 1. The third-order valence-electron chi connectivity index (χ3n) is 22.0. The predicted molar refractivity (Wildman–Crippen MR) is 275 cm³/mol. The average molecular weight is 1130 g/mol. The Balaban J connectivity index is 0.658. The minimum absolute atomic E-state index is 0.000884. The Morgan fingerprint density at radius 1 is 0.537 bits per heavy atom. The van der Waals surface area contributed by atoms with Crippen molar-refractivity contribution < 1.29 is 96.3 Å². The van der Waals surface area contributed by atoms with Gasteiger partial charge in [0.05, 0.1) is 129 Å². The van der Waals surface area contributed by atoms with E-state index in [-0.39, 0.29) is 110 Å². The molecule has 16 fully saturated rings. The Morgan fingerprint density at radius 2 is 1.25 bits per heavy atom. The Hall–Kier alpha value is -1.77. The highest BCUT2D eigenvalue weighted by Gasteiger charge is 2.76. The number of fused-ring (bicyclic) bond motifs is 10. The van der Waals surface area contributed by atoms with Crippen LogP contribution >= 0.6 is 0 Å². The van der Waals surface area contributed by atoms with Gasteiger partial charge in [0.15, 0.2) is 17.4 Å². The lowest BCUT2D eigenvalue weighted by Gasteiger charge is -2.51. The van der Waals surface area contributed by atoms with Crippen molar-refractivity contribution in [3.63, 3.8) is 0 Å². The number of hydrogen-bond acceptors (Lipinski definition) is 20. The number of aliphatic hydroxyl groups excluding tert-OH is 3. The Kier molecular flexibility index (Phi) is 13.8. The first kappa shape index (κ1) is 54.9. The molecule has 16 saturated heterocycles. The fourth-order valence-electron chi connectivity index (χ4n) is 18.2. The molecule has 3 spiro atoms. The Labute approximate surface area is 468 Å². The van der Waals surface area contributed by atoms with Gasteiger partial charge >= 0.3 is 5.97 Å². The van der Waals surface area contributed by atoms with Crippen LogP contribution in [0.2, 0.25) is 0 Å². The zero-order valence-electron chi connectivity index (χ0n) is 46.8. The second-order valence-electron chi connectivity index (χ2n) is 27.7. The number of hydrogen-bond donors (Lipinski definition) is 4. The van der Waals surface area contributed by atoms with Crippen LogP contribution in [0, 0.1) is 23.7 Å². The molecule has 0 saturated carbocycles. The van der Waals surface area contributed by atoms with Crippen molar-refractivity contribution in [2.24, 2.45) is 23.7 Å². The van der Waals surface area contributed by atoms with Gasteiger partial charge in [-0.05, 0) is 73.8 Å². The molecule has 32 atom stereocenters. The fraction of sp³-hybridized carbons (Fsp3) is 0.917. The van der Waals surface area contributed by atoms with Gasteiger partial charge in [-0.15, -0.1) is 0 Å². The van der Waals surface area contributed by atoms with Gasteiger partial charge in [-0.1, -0.05) is 40.9 Å². The van der Waals surface area contributed by atoms with Crippen LogP contribution in [0.1, 0.15) is 143 Å². The van der Waals surface area contributed by atoms with Crippen molar-refractivity contribution in [3.05, 3.63) is 24.3 Å². The maximum Gasteiger partial charge on any atom is 0.308 e. The number of carbonyl (C=O) groups is 1. The van der Waals surface area contributed by atoms with Gasteiger partial charge in [-0.25, -0.2) is 0 Å². The fourth-order valence-corrected chi connectivity index (χ4v) is 18.2. The van der Waals surface area contributed by atoms with Gasteiger partial charge in [0.2, 0.25) is 5.79 Å². The third-order valence-corrected chi connectivity index (χ3v) is 22.0. The lowest BCUT2D eigenvalue weighted by molar-refractivity contribution is -0.349. The molecule has 20 heteroatoms. The monoisotopic (exact) mass is 1130 g/mol. The Bertz CT molecular complexity index is 2400. The van der Waals surface area contributed by atoms with E-state index in [0.717, 1.165) is 36.8 Å². The van der Waals surface area contributed by atoms with Crippen LogP contribution in [0.25, 0.3) is 0 Å². The number of aliphatic hydroxyl groups is 4. The number of esters is 1. The van der Waals surface area contributed by atoms with Crippen molar-refractivity contribution >= 4 is 5.97 Å². The minimum Gasteiger partial charge on any atom is -0.459 e.